The Bertz CT molecular complexity index is 988. The van der Waals surface area contributed by atoms with Crippen LogP contribution in [0, 0.1) is 34.6 Å². The van der Waals surface area contributed by atoms with Gasteiger partial charge in [0, 0.05) is 5.56 Å². The Hall–Kier alpha value is -2.60. The highest BCUT2D eigenvalue weighted by Gasteiger charge is 2.16. The number of nitrogens with zero attached hydrogens (tertiary/aromatic N) is 2. The smallest absolute Gasteiger partial charge is 0.277 e. The van der Waals surface area contributed by atoms with E-state index in [0.717, 1.165) is 39.1 Å². The molecule has 0 unspecified atom stereocenters. The van der Waals surface area contributed by atoms with Gasteiger partial charge in [-0.2, -0.15) is 0 Å². The van der Waals surface area contributed by atoms with Crippen molar-refractivity contribution in [2.75, 3.05) is 5.75 Å². The fourth-order valence-electron chi connectivity index (χ4n) is 3.18. The number of thioether (sulfide) groups is 1. The molecule has 146 valence electrons. The second kappa shape index (κ2) is 8.61. The summed E-state index contributed by atoms with van der Waals surface area (Å²) in [5, 5.41) is 8.38. The molecule has 0 aliphatic heterocycles. The molecule has 6 heteroatoms. The molecule has 0 fully saturated rings. The van der Waals surface area contributed by atoms with Gasteiger partial charge in [-0.1, -0.05) is 41.6 Å². The third-order valence-electron chi connectivity index (χ3n) is 4.43. The molecule has 1 heterocycles. The fraction of sp³-hybridized carbons (Fsp3) is 0.318. The lowest BCUT2D eigenvalue weighted by molar-refractivity contribution is 0.102. The first-order valence-corrected chi connectivity index (χ1v) is 10.1. The summed E-state index contributed by atoms with van der Waals surface area (Å²) in [5.41, 5.74) is 6.10. The molecule has 2 aromatic carbocycles. The van der Waals surface area contributed by atoms with Crippen LogP contribution in [0.5, 0.6) is 5.75 Å². The van der Waals surface area contributed by atoms with E-state index in [0.29, 0.717) is 11.1 Å². The first kappa shape index (κ1) is 20.1. The summed E-state index contributed by atoms with van der Waals surface area (Å²) in [6.07, 6.45) is 0. The molecule has 28 heavy (non-hydrogen) atoms. The maximum absolute atomic E-state index is 12.6. The van der Waals surface area contributed by atoms with Crippen molar-refractivity contribution < 1.29 is 13.9 Å². The van der Waals surface area contributed by atoms with Gasteiger partial charge in [-0.05, 0) is 62.9 Å². The molecular weight excluding hydrogens is 372 g/mol. The molecule has 3 aromatic rings. The Morgan fingerprint density at radius 2 is 1.68 bits per heavy atom. The normalized spacial score (nSPS) is 10.9. The van der Waals surface area contributed by atoms with Gasteiger partial charge in [-0.3, -0.25) is 4.79 Å². The van der Waals surface area contributed by atoms with Crippen molar-refractivity contribution in [3.05, 3.63) is 69.6 Å². The highest BCUT2D eigenvalue weighted by molar-refractivity contribution is 7.99. The number of aromatic nitrogens is 2. The quantitative estimate of drug-likeness (QED) is 0.406. The van der Waals surface area contributed by atoms with Gasteiger partial charge in [0.15, 0.2) is 12.4 Å². The number of ether oxygens (including phenoxy) is 1. The number of ketones is 1. The SMILES string of the molecule is Cc1cc(C)c(C(=O)CSc2nnc(COc3cc(C)ccc3C)o2)c(C)c1. The van der Waals surface area contributed by atoms with Crippen molar-refractivity contribution in [3.8, 4) is 5.75 Å². The number of carbonyl (C=O) groups excluding carboxylic acids is 1. The van der Waals surface area contributed by atoms with E-state index < -0.39 is 0 Å². The van der Waals surface area contributed by atoms with Crippen LogP contribution in [0.3, 0.4) is 0 Å². The van der Waals surface area contributed by atoms with E-state index >= 15 is 0 Å². The Labute approximate surface area is 169 Å². The Morgan fingerprint density at radius 1 is 0.964 bits per heavy atom. The molecule has 0 atom stereocenters. The number of rotatable bonds is 7. The summed E-state index contributed by atoms with van der Waals surface area (Å²) in [4.78, 5) is 12.6. The van der Waals surface area contributed by atoms with Crippen molar-refractivity contribution >= 4 is 17.5 Å². The third-order valence-corrected chi connectivity index (χ3v) is 5.24. The molecule has 0 N–H and O–H groups in total. The third kappa shape index (κ3) is 4.81. The van der Waals surface area contributed by atoms with Crippen LogP contribution >= 0.6 is 11.8 Å². The summed E-state index contributed by atoms with van der Waals surface area (Å²) in [6, 6.07) is 10.1. The van der Waals surface area contributed by atoms with Gasteiger partial charge in [0.05, 0.1) is 5.75 Å². The maximum atomic E-state index is 12.6. The molecular formula is C22H24N2O3S. The average molecular weight is 397 g/mol. The van der Waals surface area contributed by atoms with E-state index in [-0.39, 0.29) is 18.1 Å². The lowest BCUT2D eigenvalue weighted by Crippen LogP contribution is -2.07. The van der Waals surface area contributed by atoms with Crippen LogP contribution in [0.2, 0.25) is 0 Å². The first-order valence-electron chi connectivity index (χ1n) is 9.10. The van der Waals surface area contributed by atoms with E-state index in [9.17, 15) is 4.79 Å². The van der Waals surface area contributed by atoms with E-state index in [1.165, 1.54) is 11.8 Å². The molecule has 0 saturated heterocycles. The van der Waals surface area contributed by atoms with Crippen molar-refractivity contribution in [2.45, 2.75) is 46.4 Å². The Morgan fingerprint density at radius 3 is 2.39 bits per heavy atom. The molecule has 5 nitrogen and oxygen atoms in total. The summed E-state index contributed by atoms with van der Waals surface area (Å²) >= 11 is 1.25. The van der Waals surface area contributed by atoms with Crippen LogP contribution in [0.25, 0.3) is 0 Å². The standard InChI is InChI=1S/C22H24N2O3S/c1-13-6-7-15(3)19(10-13)26-11-20-23-24-22(27-20)28-12-18(25)21-16(4)8-14(2)9-17(21)5/h6-10H,11-12H2,1-5H3. The van der Waals surface area contributed by atoms with Crippen LogP contribution in [0.4, 0.5) is 0 Å². The molecule has 0 aliphatic carbocycles. The lowest BCUT2D eigenvalue weighted by Gasteiger charge is -2.09. The predicted molar refractivity (Wildman–Crippen MR) is 110 cm³/mol. The molecule has 1 aromatic heterocycles. The minimum absolute atomic E-state index is 0.0615. The Kier molecular flexibility index (Phi) is 6.19. The zero-order valence-corrected chi connectivity index (χ0v) is 17.6. The van der Waals surface area contributed by atoms with Crippen LogP contribution in [0.1, 0.15) is 44.1 Å². The van der Waals surface area contributed by atoms with Crippen molar-refractivity contribution in [3.63, 3.8) is 0 Å². The molecule has 0 aliphatic rings. The fourth-order valence-corrected chi connectivity index (χ4v) is 3.83. The van der Waals surface area contributed by atoms with E-state index in [1.807, 2.05) is 65.0 Å². The molecule has 0 amide bonds. The number of aryl methyl sites for hydroxylation is 5. The topological polar surface area (TPSA) is 65.2 Å². The number of hydrogen-bond donors (Lipinski definition) is 0. The van der Waals surface area contributed by atoms with Crippen LogP contribution in [0.15, 0.2) is 40.0 Å². The number of Topliss-reactive ketones (excluding diaryl/α,β-unsaturated/α-hetero) is 1. The lowest BCUT2D eigenvalue weighted by atomic mass is 9.97. The average Bonchev–Trinajstić information content (AvgIpc) is 3.08. The first-order chi connectivity index (χ1) is 13.3. The van der Waals surface area contributed by atoms with Gasteiger partial charge in [-0.15, -0.1) is 10.2 Å². The van der Waals surface area contributed by atoms with E-state index in [1.54, 1.807) is 0 Å². The summed E-state index contributed by atoms with van der Waals surface area (Å²) in [6.45, 7) is 10.2. The number of benzene rings is 2. The number of hydrogen-bond acceptors (Lipinski definition) is 6. The van der Waals surface area contributed by atoms with Gasteiger partial charge >= 0.3 is 0 Å². The van der Waals surface area contributed by atoms with Gasteiger partial charge in [-0.25, -0.2) is 0 Å². The zero-order chi connectivity index (χ0) is 20.3. The van der Waals surface area contributed by atoms with Gasteiger partial charge in [0.2, 0.25) is 0 Å². The van der Waals surface area contributed by atoms with E-state index in [4.69, 9.17) is 9.15 Å². The molecule has 0 radical (unpaired) electrons. The Balaban J connectivity index is 1.59. The van der Waals surface area contributed by atoms with Gasteiger partial charge in [0.1, 0.15) is 5.75 Å². The van der Waals surface area contributed by atoms with Crippen molar-refractivity contribution in [1.82, 2.24) is 10.2 Å². The van der Waals surface area contributed by atoms with Crippen LogP contribution in [-0.2, 0) is 6.61 Å². The minimum atomic E-state index is 0.0615. The summed E-state index contributed by atoms with van der Waals surface area (Å²) in [7, 11) is 0. The second-order valence-electron chi connectivity index (χ2n) is 7.00. The van der Waals surface area contributed by atoms with Crippen molar-refractivity contribution in [1.29, 1.82) is 0 Å². The monoisotopic (exact) mass is 396 g/mol. The molecule has 0 bridgehead atoms. The van der Waals surface area contributed by atoms with Crippen LogP contribution in [-0.4, -0.2) is 21.7 Å². The number of carbonyl (C=O) groups is 1. The predicted octanol–water partition coefficient (Wildman–Crippen LogP) is 5.17. The largest absolute Gasteiger partial charge is 0.484 e. The molecule has 0 spiro atoms. The highest BCUT2D eigenvalue weighted by Crippen LogP contribution is 2.23. The minimum Gasteiger partial charge on any atom is -0.484 e. The molecule has 0 saturated carbocycles. The van der Waals surface area contributed by atoms with E-state index in [2.05, 4.69) is 10.2 Å². The van der Waals surface area contributed by atoms with Crippen molar-refractivity contribution in [2.24, 2.45) is 0 Å². The van der Waals surface area contributed by atoms with Gasteiger partial charge < -0.3 is 9.15 Å². The highest BCUT2D eigenvalue weighted by atomic mass is 32.2. The maximum Gasteiger partial charge on any atom is 0.277 e. The molecule has 3 rings (SSSR count). The van der Waals surface area contributed by atoms with Crippen LogP contribution < -0.4 is 4.74 Å². The summed E-state index contributed by atoms with van der Waals surface area (Å²) in [5.74, 6) is 1.50. The summed E-state index contributed by atoms with van der Waals surface area (Å²) < 4.78 is 11.4. The zero-order valence-electron chi connectivity index (χ0n) is 16.8. The van der Waals surface area contributed by atoms with Gasteiger partial charge in [0.25, 0.3) is 11.1 Å². The second-order valence-corrected chi connectivity index (χ2v) is 7.93.